The van der Waals surface area contributed by atoms with Crippen molar-refractivity contribution in [2.24, 2.45) is 5.10 Å². The first-order chi connectivity index (χ1) is 17.9. The van der Waals surface area contributed by atoms with Gasteiger partial charge in [0, 0.05) is 16.8 Å². The molecule has 0 aliphatic carbocycles. The van der Waals surface area contributed by atoms with E-state index in [9.17, 15) is 9.59 Å². The van der Waals surface area contributed by atoms with E-state index in [-0.39, 0.29) is 11.7 Å². The first-order valence-electron chi connectivity index (χ1n) is 11.4. The number of nitrogens with zero attached hydrogens (tertiary/aromatic N) is 4. The van der Waals surface area contributed by atoms with Crippen molar-refractivity contribution in [2.75, 3.05) is 12.4 Å². The zero-order chi connectivity index (χ0) is 26.2. The van der Waals surface area contributed by atoms with E-state index < -0.39 is 12.6 Å². The van der Waals surface area contributed by atoms with E-state index in [1.54, 1.807) is 24.3 Å². The minimum absolute atomic E-state index is 0.0619. The molecule has 1 amide bonds. The number of carbonyl (C=O) groups excluding carboxylic acids is 1. The van der Waals surface area contributed by atoms with Crippen LogP contribution in [0.2, 0.25) is 0 Å². The molecule has 0 bridgehead atoms. The average molecular weight is 516 g/mol. The van der Waals surface area contributed by atoms with Gasteiger partial charge >= 0.3 is 5.97 Å². The Morgan fingerprint density at radius 2 is 1.68 bits per heavy atom. The number of para-hydroxylation sites is 1. The smallest absolute Gasteiger partial charge is 0.341 e. The molecule has 4 rings (SSSR count). The number of ether oxygens (including phenoxy) is 1. The van der Waals surface area contributed by atoms with Gasteiger partial charge in [0.05, 0.1) is 12.0 Å². The van der Waals surface area contributed by atoms with E-state index in [4.69, 9.17) is 9.84 Å². The Morgan fingerprint density at radius 3 is 2.38 bits per heavy atom. The number of benzene rings is 3. The Labute approximate surface area is 218 Å². The van der Waals surface area contributed by atoms with Crippen molar-refractivity contribution in [1.29, 1.82) is 0 Å². The molecule has 0 spiro atoms. The van der Waals surface area contributed by atoms with Crippen molar-refractivity contribution >= 4 is 29.9 Å². The SMILES string of the molecule is Cc1ccc(-c2nnc(SCC(=O)N/N=C/c3ccccc3OCC(=O)O)n2-c2ccc(C)cc2)cc1. The second-order valence-electron chi connectivity index (χ2n) is 8.15. The van der Waals surface area contributed by atoms with E-state index in [0.717, 1.165) is 22.4 Å². The molecule has 1 aromatic heterocycles. The zero-order valence-electron chi connectivity index (χ0n) is 20.3. The molecular weight excluding hydrogens is 490 g/mol. The summed E-state index contributed by atoms with van der Waals surface area (Å²) in [5.41, 5.74) is 7.12. The molecule has 37 heavy (non-hydrogen) atoms. The van der Waals surface area contributed by atoms with Crippen LogP contribution in [0.25, 0.3) is 17.1 Å². The summed E-state index contributed by atoms with van der Waals surface area (Å²) in [7, 11) is 0. The summed E-state index contributed by atoms with van der Waals surface area (Å²) in [5, 5.41) is 22.1. The highest BCUT2D eigenvalue weighted by atomic mass is 32.2. The number of carboxylic acid groups (broad SMARTS) is 1. The highest BCUT2D eigenvalue weighted by Gasteiger charge is 2.17. The summed E-state index contributed by atoms with van der Waals surface area (Å²) >= 11 is 1.25. The molecule has 9 nitrogen and oxygen atoms in total. The highest BCUT2D eigenvalue weighted by Crippen LogP contribution is 2.28. The van der Waals surface area contributed by atoms with Crippen molar-refractivity contribution in [1.82, 2.24) is 20.2 Å². The lowest BCUT2D eigenvalue weighted by molar-refractivity contribution is -0.139. The molecule has 10 heteroatoms. The fourth-order valence-corrected chi connectivity index (χ4v) is 4.12. The number of rotatable bonds is 10. The first kappa shape index (κ1) is 25.6. The largest absolute Gasteiger partial charge is 0.481 e. The molecule has 0 unspecified atom stereocenters. The quantitative estimate of drug-likeness (QED) is 0.184. The molecule has 1 heterocycles. The summed E-state index contributed by atoms with van der Waals surface area (Å²) in [4.78, 5) is 23.3. The number of thioether (sulfide) groups is 1. The third kappa shape index (κ3) is 6.83. The van der Waals surface area contributed by atoms with E-state index in [1.807, 2.05) is 66.9 Å². The minimum atomic E-state index is -1.08. The van der Waals surface area contributed by atoms with Gasteiger partial charge in [-0.1, -0.05) is 71.4 Å². The van der Waals surface area contributed by atoms with Gasteiger partial charge in [0.2, 0.25) is 0 Å². The summed E-state index contributed by atoms with van der Waals surface area (Å²) in [6, 6.07) is 22.9. The summed E-state index contributed by atoms with van der Waals surface area (Å²) < 4.78 is 7.18. The topological polar surface area (TPSA) is 119 Å². The van der Waals surface area contributed by atoms with Crippen LogP contribution in [0.4, 0.5) is 0 Å². The van der Waals surface area contributed by atoms with E-state index in [1.165, 1.54) is 18.0 Å². The average Bonchev–Trinajstić information content (AvgIpc) is 3.31. The predicted molar refractivity (Wildman–Crippen MR) is 142 cm³/mol. The van der Waals surface area contributed by atoms with Crippen molar-refractivity contribution in [3.63, 3.8) is 0 Å². The summed E-state index contributed by atoms with van der Waals surface area (Å²) in [5.74, 6) is -0.316. The molecular formula is C27H25N5O4S. The van der Waals surface area contributed by atoms with Crippen LogP contribution in [0.15, 0.2) is 83.1 Å². The second-order valence-corrected chi connectivity index (χ2v) is 9.09. The fourth-order valence-electron chi connectivity index (χ4n) is 3.37. The second kappa shape index (κ2) is 12.0. The number of aliphatic carboxylic acids is 1. The van der Waals surface area contributed by atoms with Crippen molar-refractivity contribution in [3.8, 4) is 22.8 Å². The molecule has 0 aliphatic heterocycles. The standard InChI is InChI=1S/C27H25N5O4S/c1-18-7-11-20(12-8-18)26-30-31-27(32(26)22-13-9-19(2)10-14-22)37-17-24(33)29-28-15-21-5-3-4-6-23(21)36-16-25(34)35/h3-15H,16-17H2,1-2H3,(H,29,33)(H,34,35)/b28-15+. The van der Waals surface area contributed by atoms with Gasteiger partial charge in [-0.25, -0.2) is 10.2 Å². The third-order valence-corrected chi connectivity index (χ3v) is 6.16. The molecule has 2 N–H and O–H groups in total. The van der Waals surface area contributed by atoms with Crippen LogP contribution in [0, 0.1) is 13.8 Å². The molecule has 0 radical (unpaired) electrons. The minimum Gasteiger partial charge on any atom is -0.481 e. The van der Waals surface area contributed by atoms with Crippen molar-refractivity contribution < 1.29 is 19.4 Å². The maximum atomic E-state index is 12.5. The molecule has 3 aromatic carbocycles. The lowest BCUT2D eigenvalue weighted by Crippen LogP contribution is -2.20. The Kier molecular flexibility index (Phi) is 8.32. The molecule has 0 saturated carbocycles. The van der Waals surface area contributed by atoms with Gasteiger partial charge in [0.1, 0.15) is 5.75 Å². The van der Waals surface area contributed by atoms with Gasteiger partial charge in [-0.05, 0) is 38.1 Å². The van der Waals surface area contributed by atoms with Gasteiger partial charge in [-0.2, -0.15) is 5.10 Å². The van der Waals surface area contributed by atoms with E-state index >= 15 is 0 Å². The normalized spacial score (nSPS) is 11.0. The van der Waals surface area contributed by atoms with E-state index in [2.05, 4.69) is 20.7 Å². The highest BCUT2D eigenvalue weighted by molar-refractivity contribution is 7.99. The van der Waals surface area contributed by atoms with Crippen molar-refractivity contribution in [3.05, 3.63) is 89.5 Å². The monoisotopic (exact) mass is 515 g/mol. The van der Waals surface area contributed by atoms with Crippen LogP contribution in [0.5, 0.6) is 5.75 Å². The maximum absolute atomic E-state index is 12.5. The van der Waals surface area contributed by atoms with Gasteiger partial charge in [0.15, 0.2) is 17.6 Å². The summed E-state index contributed by atoms with van der Waals surface area (Å²) in [6.45, 7) is 3.58. The number of hydrogen-bond donors (Lipinski definition) is 2. The zero-order valence-corrected chi connectivity index (χ0v) is 21.1. The first-order valence-corrected chi connectivity index (χ1v) is 12.4. The molecule has 0 atom stereocenters. The van der Waals surface area contributed by atoms with Crippen LogP contribution in [0.3, 0.4) is 0 Å². The molecule has 0 aliphatic rings. The van der Waals surface area contributed by atoms with Gasteiger partial charge in [-0.15, -0.1) is 10.2 Å². The van der Waals surface area contributed by atoms with Crippen LogP contribution in [-0.4, -0.2) is 50.3 Å². The number of amides is 1. The number of aromatic nitrogens is 3. The number of aryl methyl sites for hydroxylation is 2. The van der Waals surface area contributed by atoms with Crippen molar-refractivity contribution in [2.45, 2.75) is 19.0 Å². The number of nitrogens with one attached hydrogen (secondary N) is 1. The molecule has 0 fully saturated rings. The fraction of sp³-hybridized carbons (Fsp3) is 0.148. The lowest BCUT2D eigenvalue weighted by atomic mass is 10.1. The molecule has 0 saturated heterocycles. The predicted octanol–water partition coefficient (Wildman–Crippen LogP) is 4.26. The number of carboxylic acids is 1. The van der Waals surface area contributed by atoms with E-state index in [0.29, 0.717) is 22.3 Å². The Hall–Kier alpha value is -4.44. The van der Waals surface area contributed by atoms with Crippen LogP contribution in [0.1, 0.15) is 16.7 Å². The Bertz CT molecular complexity index is 1420. The Balaban J connectivity index is 1.47. The van der Waals surface area contributed by atoms with Crippen LogP contribution in [-0.2, 0) is 9.59 Å². The number of carbonyl (C=O) groups is 2. The Morgan fingerprint density at radius 1 is 1.00 bits per heavy atom. The molecule has 188 valence electrons. The van der Waals surface area contributed by atoms with Gasteiger partial charge < -0.3 is 9.84 Å². The van der Waals surface area contributed by atoms with Gasteiger partial charge in [0.25, 0.3) is 5.91 Å². The summed E-state index contributed by atoms with van der Waals surface area (Å²) in [6.07, 6.45) is 1.41. The van der Waals surface area contributed by atoms with Gasteiger partial charge in [-0.3, -0.25) is 9.36 Å². The number of hydrogen-bond acceptors (Lipinski definition) is 7. The number of hydrazone groups is 1. The van der Waals surface area contributed by atoms with Crippen LogP contribution < -0.4 is 10.2 Å². The molecule has 4 aromatic rings. The maximum Gasteiger partial charge on any atom is 0.341 e. The lowest BCUT2D eigenvalue weighted by Gasteiger charge is -2.11. The van der Waals surface area contributed by atoms with Crippen LogP contribution >= 0.6 is 11.8 Å². The third-order valence-electron chi connectivity index (χ3n) is 5.23.